The summed E-state index contributed by atoms with van der Waals surface area (Å²) < 4.78 is 7.07. The van der Waals surface area contributed by atoms with E-state index >= 15 is 0 Å². The van der Waals surface area contributed by atoms with Gasteiger partial charge in [0.15, 0.2) is 5.75 Å². The molecule has 0 radical (unpaired) electrons. The Morgan fingerprint density at radius 3 is 2.68 bits per heavy atom. The van der Waals surface area contributed by atoms with E-state index in [4.69, 9.17) is 4.74 Å². The zero-order chi connectivity index (χ0) is 17.6. The summed E-state index contributed by atoms with van der Waals surface area (Å²) in [5.74, 6) is 0.261. The van der Waals surface area contributed by atoms with Gasteiger partial charge < -0.3 is 4.74 Å². The zero-order valence-corrected chi connectivity index (χ0v) is 13.5. The highest BCUT2D eigenvalue weighted by Gasteiger charge is 2.13. The summed E-state index contributed by atoms with van der Waals surface area (Å²) in [6.45, 7) is 0.873. The van der Waals surface area contributed by atoms with Crippen molar-refractivity contribution >= 4 is 16.6 Å². The Morgan fingerprint density at radius 1 is 1.08 bits per heavy atom. The highest BCUT2D eigenvalue weighted by atomic mass is 16.6. The number of para-hydroxylation sites is 3. The van der Waals surface area contributed by atoms with Gasteiger partial charge in [0.05, 0.1) is 28.8 Å². The number of ether oxygens (including phenoxy) is 1. The van der Waals surface area contributed by atoms with Crippen molar-refractivity contribution in [1.82, 2.24) is 9.55 Å². The van der Waals surface area contributed by atoms with Crippen LogP contribution >= 0.6 is 0 Å². The SMILES string of the molecule is O=c1c2ccccc2ncn1CCCCOc1ccccc1[N+](=O)[O-]. The number of nitro benzene ring substituents is 1. The van der Waals surface area contributed by atoms with Crippen LogP contribution in [-0.2, 0) is 6.54 Å². The first-order valence-corrected chi connectivity index (χ1v) is 7.97. The standard InChI is InChI=1S/C18H17N3O4/c22-18-14-7-1-2-8-15(14)19-13-20(18)11-5-6-12-25-17-10-4-3-9-16(17)21(23)24/h1-4,7-10,13H,5-6,11-12H2. The van der Waals surface area contributed by atoms with E-state index in [1.54, 1.807) is 35.2 Å². The van der Waals surface area contributed by atoms with Crippen LogP contribution in [0.5, 0.6) is 5.75 Å². The maximum Gasteiger partial charge on any atom is 0.310 e. The van der Waals surface area contributed by atoms with Crippen molar-refractivity contribution in [1.29, 1.82) is 0 Å². The van der Waals surface area contributed by atoms with Crippen molar-refractivity contribution < 1.29 is 9.66 Å². The number of fused-ring (bicyclic) bond motifs is 1. The number of aromatic nitrogens is 2. The Balaban J connectivity index is 1.55. The highest BCUT2D eigenvalue weighted by molar-refractivity contribution is 5.76. The van der Waals surface area contributed by atoms with E-state index < -0.39 is 4.92 Å². The molecule has 0 N–H and O–H groups in total. The predicted octanol–water partition coefficient (Wildman–Crippen LogP) is 3.16. The van der Waals surface area contributed by atoms with Gasteiger partial charge in [-0.05, 0) is 31.0 Å². The number of hydrogen-bond acceptors (Lipinski definition) is 5. The average molecular weight is 339 g/mol. The van der Waals surface area contributed by atoms with Crippen molar-refractivity contribution in [2.45, 2.75) is 19.4 Å². The lowest BCUT2D eigenvalue weighted by atomic mass is 10.2. The van der Waals surface area contributed by atoms with Crippen LogP contribution in [0.2, 0.25) is 0 Å². The van der Waals surface area contributed by atoms with Crippen LogP contribution in [0.1, 0.15) is 12.8 Å². The average Bonchev–Trinajstić information content (AvgIpc) is 2.63. The molecule has 3 rings (SSSR count). The van der Waals surface area contributed by atoms with Crippen LogP contribution in [0.4, 0.5) is 5.69 Å². The highest BCUT2D eigenvalue weighted by Crippen LogP contribution is 2.25. The van der Waals surface area contributed by atoms with Crippen molar-refractivity contribution in [3.8, 4) is 5.75 Å². The topological polar surface area (TPSA) is 87.3 Å². The molecule has 7 nitrogen and oxygen atoms in total. The van der Waals surface area contributed by atoms with Gasteiger partial charge in [0.2, 0.25) is 0 Å². The summed E-state index contributed by atoms with van der Waals surface area (Å²) in [6.07, 6.45) is 2.93. The van der Waals surface area contributed by atoms with Gasteiger partial charge >= 0.3 is 5.69 Å². The van der Waals surface area contributed by atoms with Gasteiger partial charge in [0.1, 0.15) is 0 Å². The molecule has 0 saturated heterocycles. The molecule has 2 aromatic carbocycles. The molecule has 0 aliphatic rings. The number of nitro groups is 1. The van der Waals surface area contributed by atoms with E-state index in [9.17, 15) is 14.9 Å². The maximum atomic E-state index is 12.4. The maximum absolute atomic E-state index is 12.4. The second-order valence-corrected chi connectivity index (χ2v) is 5.54. The second-order valence-electron chi connectivity index (χ2n) is 5.54. The van der Waals surface area contributed by atoms with E-state index in [0.29, 0.717) is 36.9 Å². The fourth-order valence-corrected chi connectivity index (χ4v) is 2.56. The summed E-state index contributed by atoms with van der Waals surface area (Å²) in [5, 5.41) is 11.5. The third kappa shape index (κ3) is 3.82. The first kappa shape index (κ1) is 16.6. The third-order valence-electron chi connectivity index (χ3n) is 3.84. The molecule has 0 saturated carbocycles. The molecular formula is C18H17N3O4. The lowest BCUT2D eigenvalue weighted by molar-refractivity contribution is -0.385. The summed E-state index contributed by atoms with van der Waals surface area (Å²) >= 11 is 0. The zero-order valence-electron chi connectivity index (χ0n) is 13.5. The normalized spacial score (nSPS) is 10.7. The second kappa shape index (κ2) is 7.57. The van der Waals surface area contributed by atoms with Crippen molar-refractivity contribution in [3.05, 3.63) is 75.3 Å². The van der Waals surface area contributed by atoms with Crippen LogP contribution in [0.25, 0.3) is 10.9 Å². The van der Waals surface area contributed by atoms with Gasteiger partial charge in [0.25, 0.3) is 5.56 Å². The summed E-state index contributed by atoms with van der Waals surface area (Å²) in [5.41, 5.74) is 0.575. The molecule has 0 atom stereocenters. The van der Waals surface area contributed by atoms with Crippen molar-refractivity contribution in [2.24, 2.45) is 0 Å². The molecule has 7 heteroatoms. The van der Waals surface area contributed by atoms with E-state index in [-0.39, 0.29) is 17.0 Å². The summed E-state index contributed by atoms with van der Waals surface area (Å²) in [7, 11) is 0. The minimum Gasteiger partial charge on any atom is -0.487 e. The molecule has 0 unspecified atom stereocenters. The molecule has 1 heterocycles. The van der Waals surface area contributed by atoms with E-state index in [1.165, 1.54) is 6.07 Å². The number of nitrogens with zero attached hydrogens (tertiary/aromatic N) is 3. The number of benzene rings is 2. The fourth-order valence-electron chi connectivity index (χ4n) is 2.56. The molecule has 0 bridgehead atoms. The first-order valence-electron chi connectivity index (χ1n) is 7.97. The van der Waals surface area contributed by atoms with Gasteiger partial charge in [-0.15, -0.1) is 0 Å². The fraction of sp³-hybridized carbons (Fsp3) is 0.222. The summed E-state index contributed by atoms with van der Waals surface area (Å²) in [4.78, 5) is 27.1. The number of unbranched alkanes of at least 4 members (excludes halogenated alkanes) is 1. The minimum absolute atomic E-state index is 0.0440. The van der Waals surface area contributed by atoms with Gasteiger partial charge in [-0.1, -0.05) is 24.3 Å². The Hall–Kier alpha value is -3.22. The molecule has 0 aliphatic heterocycles. The monoisotopic (exact) mass is 339 g/mol. The van der Waals surface area contributed by atoms with Crippen LogP contribution in [-0.4, -0.2) is 21.1 Å². The lowest BCUT2D eigenvalue weighted by Gasteiger charge is -2.08. The van der Waals surface area contributed by atoms with Crippen molar-refractivity contribution in [3.63, 3.8) is 0 Å². The molecule has 0 spiro atoms. The minimum atomic E-state index is -0.463. The van der Waals surface area contributed by atoms with Gasteiger partial charge in [0, 0.05) is 12.6 Å². The molecule has 3 aromatic rings. The smallest absolute Gasteiger partial charge is 0.310 e. The van der Waals surface area contributed by atoms with Gasteiger partial charge in [-0.3, -0.25) is 19.5 Å². The number of rotatable bonds is 7. The Labute approximate surface area is 143 Å². The van der Waals surface area contributed by atoms with Crippen LogP contribution in [0.3, 0.4) is 0 Å². The largest absolute Gasteiger partial charge is 0.487 e. The van der Waals surface area contributed by atoms with E-state index in [0.717, 1.165) is 0 Å². The molecule has 25 heavy (non-hydrogen) atoms. The summed E-state index contributed by atoms with van der Waals surface area (Å²) in [6, 6.07) is 13.5. The quantitative estimate of drug-likeness (QED) is 0.375. The van der Waals surface area contributed by atoms with E-state index in [1.807, 2.05) is 18.2 Å². The van der Waals surface area contributed by atoms with Gasteiger partial charge in [-0.25, -0.2) is 4.98 Å². The van der Waals surface area contributed by atoms with Crippen molar-refractivity contribution in [2.75, 3.05) is 6.61 Å². The molecule has 0 amide bonds. The van der Waals surface area contributed by atoms with E-state index in [2.05, 4.69) is 4.98 Å². The number of aryl methyl sites for hydroxylation is 1. The molecule has 1 aromatic heterocycles. The molecule has 128 valence electrons. The first-order chi connectivity index (χ1) is 12.2. The Morgan fingerprint density at radius 2 is 1.84 bits per heavy atom. The van der Waals surface area contributed by atoms with Gasteiger partial charge in [-0.2, -0.15) is 0 Å². The Bertz CT molecular complexity index is 952. The Kier molecular flexibility index (Phi) is 5.03. The molecule has 0 fully saturated rings. The number of hydrogen-bond donors (Lipinski definition) is 0. The van der Waals surface area contributed by atoms with Crippen LogP contribution < -0.4 is 10.3 Å². The van der Waals surface area contributed by atoms with Crippen LogP contribution in [0.15, 0.2) is 59.7 Å². The predicted molar refractivity (Wildman–Crippen MR) is 93.8 cm³/mol. The van der Waals surface area contributed by atoms with Crippen LogP contribution in [0, 0.1) is 10.1 Å². The molecular weight excluding hydrogens is 322 g/mol. The molecule has 0 aliphatic carbocycles. The lowest BCUT2D eigenvalue weighted by Crippen LogP contribution is -2.20. The third-order valence-corrected chi connectivity index (χ3v) is 3.84.